The van der Waals surface area contributed by atoms with E-state index in [-0.39, 0.29) is 18.5 Å². The second kappa shape index (κ2) is 7.09. The third-order valence-corrected chi connectivity index (χ3v) is 4.49. The van der Waals surface area contributed by atoms with Gasteiger partial charge in [0.1, 0.15) is 11.8 Å². The summed E-state index contributed by atoms with van der Waals surface area (Å²) in [6.07, 6.45) is 4.47. The Hall–Kier alpha value is -2.63. The maximum atomic E-state index is 12.9. The van der Waals surface area contributed by atoms with E-state index >= 15 is 0 Å². The van der Waals surface area contributed by atoms with E-state index < -0.39 is 5.54 Å². The molecule has 0 saturated carbocycles. The van der Waals surface area contributed by atoms with Crippen molar-refractivity contribution in [2.24, 2.45) is 0 Å². The minimum Gasteiger partial charge on any atom is -0.444 e. The second-order valence-electron chi connectivity index (χ2n) is 6.41. The number of carbonyl (C=O) groups excluding carboxylic acids is 2. The Morgan fingerprint density at radius 2 is 1.80 bits per heavy atom. The number of rotatable bonds is 7. The van der Waals surface area contributed by atoms with Crippen LogP contribution in [0.1, 0.15) is 45.2 Å². The number of benzene rings is 1. The fraction of sp³-hybridized carbons (Fsp3) is 0.421. The van der Waals surface area contributed by atoms with Gasteiger partial charge in [-0.2, -0.15) is 0 Å². The molecule has 1 aliphatic rings. The van der Waals surface area contributed by atoms with Gasteiger partial charge in [0.15, 0.2) is 0 Å². The van der Waals surface area contributed by atoms with E-state index in [4.69, 9.17) is 4.42 Å². The molecule has 2 heterocycles. The van der Waals surface area contributed by atoms with Gasteiger partial charge < -0.3 is 9.73 Å². The number of nitrogens with one attached hydrogen (secondary N) is 1. The molecule has 0 atom stereocenters. The molecule has 0 spiro atoms. The number of urea groups is 1. The smallest absolute Gasteiger partial charge is 0.325 e. The predicted octanol–water partition coefficient (Wildman–Crippen LogP) is 3.73. The molecular weight excluding hydrogens is 318 g/mol. The number of carbonyl (C=O) groups is 2. The fourth-order valence-corrected chi connectivity index (χ4v) is 3.39. The van der Waals surface area contributed by atoms with Crippen LogP contribution in [-0.4, -0.2) is 27.4 Å². The standard InChI is InChI=1S/C19H23N3O3/c1-3-10-19(11-4-2)17(23)22(18(24)21-19)12-15-13-25-16(20-15)14-8-6-5-7-9-14/h5-9,13H,3-4,10-12H2,1-2H3,(H,21,24). The van der Waals surface area contributed by atoms with Gasteiger partial charge >= 0.3 is 6.03 Å². The summed E-state index contributed by atoms with van der Waals surface area (Å²) in [5.41, 5.74) is 0.649. The number of oxazole rings is 1. The lowest BCUT2D eigenvalue weighted by Crippen LogP contribution is -2.46. The highest BCUT2D eigenvalue weighted by Gasteiger charge is 2.49. The Kier molecular flexibility index (Phi) is 4.88. The normalized spacial score (nSPS) is 16.3. The van der Waals surface area contributed by atoms with E-state index in [1.807, 2.05) is 44.2 Å². The molecule has 3 rings (SSSR count). The third kappa shape index (κ3) is 3.29. The van der Waals surface area contributed by atoms with Gasteiger partial charge in [0, 0.05) is 5.56 Å². The van der Waals surface area contributed by atoms with Gasteiger partial charge in [0.05, 0.1) is 12.2 Å². The van der Waals surface area contributed by atoms with Crippen molar-refractivity contribution < 1.29 is 14.0 Å². The van der Waals surface area contributed by atoms with Crippen LogP contribution in [0.4, 0.5) is 4.79 Å². The molecule has 0 aliphatic carbocycles. The van der Waals surface area contributed by atoms with Crippen molar-refractivity contribution in [2.45, 2.75) is 51.6 Å². The van der Waals surface area contributed by atoms with Gasteiger partial charge in [-0.3, -0.25) is 9.69 Å². The Bertz CT molecular complexity index is 748. The number of aromatic nitrogens is 1. The Labute approximate surface area is 147 Å². The fourth-order valence-electron chi connectivity index (χ4n) is 3.39. The first-order chi connectivity index (χ1) is 12.1. The van der Waals surface area contributed by atoms with Crippen LogP contribution in [0.5, 0.6) is 0 Å². The van der Waals surface area contributed by atoms with E-state index in [1.54, 1.807) is 0 Å². The SMILES string of the molecule is CCCC1(CCC)NC(=O)N(Cc2coc(-c3ccccc3)n2)C1=O. The summed E-state index contributed by atoms with van der Waals surface area (Å²) < 4.78 is 5.50. The Balaban J connectivity index is 1.78. The molecule has 1 aliphatic heterocycles. The summed E-state index contributed by atoms with van der Waals surface area (Å²) in [6, 6.07) is 9.17. The van der Waals surface area contributed by atoms with Crippen LogP contribution < -0.4 is 5.32 Å². The summed E-state index contributed by atoms with van der Waals surface area (Å²) in [7, 11) is 0. The van der Waals surface area contributed by atoms with Gasteiger partial charge in [-0.25, -0.2) is 9.78 Å². The zero-order valence-corrected chi connectivity index (χ0v) is 14.6. The van der Waals surface area contributed by atoms with Gasteiger partial charge in [-0.1, -0.05) is 44.9 Å². The quantitative estimate of drug-likeness (QED) is 0.779. The lowest BCUT2D eigenvalue weighted by molar-refractivity contribution is -0.132. The number of amides is 3. The van der Waals surface area contributed by atoms with Crippen LogP contribution in [0.25, 0.3) is 11.5 Å². The van der Waals surface area contributed by atoms with Gasteiger partial charge in [-0.05, 0) is 25.0 Å². The molecular formula is C19H23N3O3. The molecule has 1 N–H and O–H groups in total. The van der Waals surface area contributed by atoms with Crippen molar-refractivity contribution in [2.75, 3.05) is 0 Å². The second-order valence-corrected chi connectivity index (χ2v) is 6.41. The average molecular weight is 341 g/mol. The summed E-state index contributed by atoms with van der Waals surface area (Å²) in [5, 5.41) is 2.91. The van der Waals surface area contributed by atoms with Crippen molar-refractivity contribution in [3.8, 4) is 11.5 Å². The van der Waals surface area contributed by atoms with Gasteiger partial charge in [0.25, 0.3) is 5.91 Å². The first-order valence-corrected chi connectivity index (χ1v) is 8.73. The van der Waals surface area contributed by atoms with Crippen molar-refractivity contribution in [1.82, 2.24) is 15.2 Å². The largest absolute Gasteiger partial charge is 0.444 e. The number of nitrogens with zero attached hydrogens (tertiary/aromatic N) is 2. The molecule has 0 radical (unpaired) electrons. The van der Waals surface area contributed by atoms with Crippen LogP contribution in [0.2, 0.25) is 0 Å². The highest BCUT2D eigenvalue weighted by molar-refractivity contribution is 6.06. The maximum Gasteiger partial charge on any atom is 0.325 e. The molecule has 1 aromatic carbocycles. The number of hydrogen-bond donors (Lipinski definition) is 1. The summed E-state index contributed by atoms with van der Waals surface area (Å²) >= 11 is 0. The molecule has 3 amide bonds. The first-order valence-electron chi connectivity index (χ1n) is 8.73. The van der Waals surface area contributed by atoms with Crippen molar-refractivity contribution >= 4 is 11.9 Å². The highest BCUT2D eigenvalue weighted by atomic mass is 16.3. The lowest BCUT2D eigenvalue weighted by atomic mass is 9.88. The predicted molar refractivity (Wildman–Crippen MR) is 93.6 cm³/mol. The molecule has 6 nitrogen and oxygen atoms in total. The van der Waals surface area contributed by atoms with E-state index in [0.717, 1.165) is 18.4 Å². The molecule has 132 valence electrons. The lowest BCUT2D eigenvalue weighted by Gasteiger charge is -2.25. The minimum atomic E-state index is -0.771. The van der Waals surface area contributed by atoms with Crippen LogP contribution in [0.3, 0.4) is 0 Å². The Morgan fingerprint density at radius 3 is 2.44 bits per heavy atom. The van der Waals surface area contributed by atoms with Crippen LogP contribution in [-0.2, 0) is 11.3 Å². The van der Waals surface area contributed by atoms with Crippen molar-refractivity contribution in [3.05, 3.63) is 42.3 Å². The number of hydrogen-bond acceptors (Lipinski definition) is 4. The summed E-state index contributed by atoms with van der Waals surface area (Å²) in [6.45, 7) is 4.16. The molecule has 6 heteroatoms. The molecule has 2 aromatic rings. The first kappa shape index (κ1) is 17.2. The molecule has 1 fully saturated rings. The zero-order chi connectivity index (χ0) is 17.9. The topological polar surface area (TPSA) is 75.4 Å². The molecule has 1 aromatic heterocycles. The molecule has 0 unspecified atom stereocenters. The highest BCUT2D eigenvalue weighted by Crippen LogP contribution is 2.29. The van der Waals surface area contributed by atoms with Crippen LogP contribution >= 0.6 is 0 Å². The summed E-state index contributed by atoms with van der Waals surface area (Å²) in [5.74, 6) is 0.321. The van der Waals surface area contributed by atoms with E-state index in [1.165, 1.54) is 11.2 Å². The van der Waals surface area contributed by atoms with Crippen molar-refractivity contribution in [1.29, 1.82) is 0 Å². The summed E-state index contributed by atoms with van der Waals surface area (Å²) in [4.78, 5) is 30.9. The molecule has 0 bridgehead atoms. The maximum absolute atomic E-state index is 12.9. The van der Waals surface area contributed by atoms with Crippen molar-refractivity contribution in [3.63, 3.8) is 0 Å². The van der Waals surface area contributed by atoms with Gasteiger partial charge in [0.2, 0.25) is 5.89 Å². The van der Waals surface area contributed by atoms with Gasteiger partial charge in [-0.15, -0.1) is 0 Å². The van der Waals surface area contributed by atoms with Crippen LogP contribution in [0.15, 0.2) is 41.0 Å². The monoisotopic (exact) mass is 341 g/mol. The third-order valence-electron chi connectivity index (χ3n) is 4.49. The number of imide groups is 1. The Morgan fingerprint density at radius 1 is 1.12 bits per heavy atom. The molecule has 25 heavy (non-hydrogen) atoms. The van der Waals surface area contributed by atoms with E-state index in [0.29, 0.717) is 24.4 Å². The van der Waals surface area contributed by atoms with E-state index in [2.05, 4.69) is 10.3 Å². The van der Waals surface area contributed by atoms with E-state index in [9.17, 15) is 9.59 Å². The average Bonchev–Trinajstić information content (AvgIpc) is 3.16. The minimum absolute atomic E-state index is 0.121. The van der Waals surface area contributed by atoms with Crippen LogP contribution in [0, 0.1) is 0 Å². The zero-order valence-electron chi connectivity index (χ0n) is 14.6. The molecule has 1 saturated heterocycles.